The van der Waals surface area contributed by atoms with Gasteiger partial charge in [0.15, 0.2) is 17.3 Å². The number of Topliss-reactive ketones (excluding diaryl/α,β-unsaturated/α-hetero) is 1. The van der Waals surface area contributed by atoms with Gasteiger partial charge in [-0.1, -0.05) is 26.0 Å². The summed E-state index contributed by atoms with van der Waals surface area (Å²) >= 11 is 0. The molecule has 190 valence electrons. The van der Waals surface area contributed by atoms with Crippen molar-refractivity contribution in [3.05, 3.63) is 54.1 Å². The van der Waals surface area contributed by atoms with Crippen molar-refractivity contribution in [1.29, 1.82) is 0 Å². The Labute approximate surface area is 214 Å². The van der Waals surface area contributed by atoms with Gasteiger partial charge in [-0.3, -0.25) is 9.59 Å². The Bertz CT molecular complexity index is 1430. The largest absolute Gasteiger partial charge is 0.364 e. The summed E-state index contributed by atoms with van der Waals surface area (Å²) in [6, 6.07) is 13.6. The fourth-order valence-corrected chi connectivity index (χ4v) is 3.94. The van der Waals surface area contributed by atoms with E-state index >= 15 is 0 Å². The first-order valence-electron chi connectivity index (χ1n) is 12.0. The SMILES string of the molecule is C#CCCNc1nonc1-c1nc2ccccc2n1CC(=O)c1ccc(NC(=O)C(N)CC(C)C)cc1. The number of nitrogens with two attached hydrogens (primary N) is 1. The van der Waals surface area contributed by atoms with Crippen LogP contribution in [-0.2, 0) is 11.3 Å². The fraction of sp³-hybridized carbons (Fsp3) is 0.296. The minimum Gasteiger partial charge on any atom is -0.364 e. The highest BCUT2D eigenvalue weighted by Gasteiger charge is 2.22. The molecule has 2 aromatic carbocycles. The number of carbonyl (C=O) groups excluding carboxylic acids is 2. The van der Waals surface area contributed by atoms with Crippen LogP contribution in [-0.4, -0.2) is 44.1 Å². The third-order valence-electron chi connectivity index (χ3n) is 5.75. The highest BCUT2D eigenvalue weighted by Crippen LogP contribution is 2.28. The average Bonchev–Trinajstić information content (AvgIpc) is 3.48. The summed E-state index contributed by atoms with van der Waals surface area (Å²) < 4.78 is 6.74. The van der Waals surface area contributed by atoms with Crippen molar-refractivity contribution >= 4 is 34.2 Å². The number of nitrogens with zero attached hydrogens (tertiary/aromatic N) is 4. The lowest BCUT2D eigenvalue weighted by molar-refractivity contribution is -0.117. The number of rotatable bonds is 11. The van der Waals surface area contributed by atoms with Crippen molar-refractivity contribution in [3.63, 3.8) is 0 Å². The van der Waals surface area contributed by atoms with Gasteiger partial charge in [0.25, 0.3) is 0 Å². The lowest BCUT2D eigenvalue weighted by atomic mass is 10.0. The predicted octanol–water partition coefficient (Wildman–Crippen LogP) is 3.72. The number of nitrogens with one attached hydrogen (secondary N) is 2. The lowest BCUT2D eigenvalue weighted by Crippen LogP contribution is -2.36. The molecule has 1 atom stereocenters. The Balaban J connectivity index is 1.55. The molecule has 10 heteroatoms. The van der Waals surface area contributed by atoms with Crippen LogP contribution >= 0.6 is 0 Å². The summed E-state index contributed by atoms with van der Waals surface area (Å²) in [5, 5.41) is 13.9. The number of hydrogen-bond acceptors (Lipinski definition) is 8. The Kier molecular flexibility index (Phi) is 7.95. The van der Waals surface area contributed by atoms with Gasteiger partial charge in [-0.2, -0.15) is 0 Å². The van der Waals surface area contributed by atoms with Crippen molar-refractivity contribution < 1.29 is 14.2 Å². The standard InChI is InChI=1S/C27H29N7O3/c1-4-5-14-29-25-24(32-37-33-25)26-31-21-8-6-7-9-22(21)34(26)16-23(35)18-10-12-19(13-11-18)30-27(36)20(28)15-17(2)3/h1,6-13,17,20H,5,14-16,28H2,2-3H3,(H,29,33)(H,30,36). The molecule has 1 unspecified atom stereocenters. The second-order valence-corrected chi connectivity index (χ2v) is 9.08. The minimum atomic E-state index is -0.591. The number of hydrogen-bond donors (Lipinski definition) is 3. The van der Waals surface area contributed by atoms with E-state index < -0.39 is 6.04 Å². The van der Waals surface area contributed by atoms with E-state index in [1.54, 1.807) is 28.8 Å². The topological polar surface area (TPSA) is 141 Å². The molecular weight excluding hydrogens is 470 g/mol. The zero-order valence-electron chi connectivity index (χ0n) is 20.8. The van der Waals surface area contributed by atoms with Crippen LogP contribution < -0.4 is 16.4 Å². The number of benzene rings is 2. The number of fused-ring (bicyclic) bond motifs is 1. The van der Waals surface area contributed by atoms with Crippen LogP contribution in [0.15, 0.2) is 53.2 Å². The summed E-state index contributed by atoms with van der Waals surface area (Å²) in [5.74, 6) is 3.32. The van der Waals surface area contributed by atoms with Gasteiger partial charge in [0, 0.05) is 24.2 Å². The van der Waals surface area contributed by atoms with E-state index in [1.165, 1.54) is 0 Å². The van der Waals surface area contributed by atoms with Gasteiger partial charge < -0.3 is 20.9 Å². The van der Waals surface area contributed by atoms with Gasteiger partial charge in [-0.05, 0) is 59.1 Å². The predicted molar refractivity (Wildman–Crippen MR) is 142 cm³/mol. The van der Waals surface area contributed by atoms with E-state index in [0.717, 1.165) is 5.52 Å². The Morgan fingerprint density at radius 1 is 1.14 bits per heavy atom. The first kappa shape index (κ1) is 25.6. The quantitative estimate of drug-likeness (QED) is 0.161. The maximum atomic E-state index is 13.3. The first-order chi connectivity index (χ1) is 17.9. The normalized spacial score (nSPS) is 11.9. The molecule has 0 aliphatic heterocycles. The Hall–Kier alpha value is -4.49. The zero-order valence-corrected chi connectivity index (χ0v) is 20.8. The molecule has 1 amide bonds. The van der Waals surface area contributed by atoms with E-state index in [0.29, 0.717) is 59.4 Å². The van der Waals surface area contributed by atoms with E-state index in [9.17, 15) is 9.59 Å². The Morgan fingerprint density at radius 3 is 2.62 bits per heavy atom. The van der Waals surface area contributed by atoms with Crippen LogP contribution in [0.4, 0.5) is 11.5 Å². The molecule has 0 bridgehead atoms. The van der Waals surface area contributed by atoms with Crippen LogP contribution in [0.1, 0.15) is 37.0 Å². The number of ketones is 1. The number of terminal acetylenes is 1. The third kappa shape index (κ3) is 6.02. The maximum Gasteiger partial charge on any atom is 0.241 e. The minimum absolute atomic E-state index is 0.0114. The molecule has 0 aliphatic carbocycles. The molecule has 0 spiro atoms. The summed E-state index contributed by atoms with van der Waals surface area (Å²) in [7, 11) is 0. The maximum absolute atomic E-state index is 13.3. The number of amides is 1. The van der Waals surface area contributed by atoms with E-state index in [-0.39, 0.29) is 18.2 Å². The number of imidazole rings is 1. The van der Waals surface area contributed by atoms with E-state index in [2.05, 4.69) is 31.9 Å². The number of anilines is 2. The highest BCUT2D eigenvalue weighted by atomic mass is 16.6. The lowest BCUT2D eigenvalue weighted by Gasteiger charge is -2.14. The number of para-hydroxylation sites is 2. The van der Waals surface area contributed by atoms with Crippen LogP contribution in [0.25, 0.3) is 22.6 Å². The molecule has 0 aliphatic rings. The van der Waals surface area contributed by atoms with E-state index in [1.807, 2.05) is 38.1 Å². The van der Waals surface area contributed by atoms with Crippen molar-refractivity contribution in [3.8, 4) is 23.9 Å². The highest BCUT2D eigenvalue weighted by molar-refractivity contribution is 5.99. The molecule has 0 saturated heterocycles. The second kappa shape index (κ2) is 11.5. The molecule has 4 aromatic rings. The molecule has 0 radical (unpaired) electrons. The van der Waals surface area contributed by atoms with Gasteiger partial charge in [0.2, 0.25) is 11.7 Å². The molecule has 2 heterocycles. The molecule has 10 nitrogen and oxygen atoms in total. The average molecular weight is 500 g/mol. The van der Waals surface area contributed by atoms with Crippen molar-refractivity contribution in [2.75, 3.05) is 17.2 Å². The van der Waals surface area contributed by atoms with Crippen molar-refractivity contribution in [2.45, 2.75) is 39.3 Å². The first-order valence-corrected chi connectivity index (χ1v) is 12.0. The zero-order chi connectivity index (χ0) is 26.4. The fourth-order valence-electron chi connectivity index (χ4n) is 3.94. The van der Waals surface area contributed by atoms with Crippen LogP contribution in [0, 0.1) is 18.3 Å². The van der Waals surface area contributed by atoms with E-state index in [4.69, 9.17) is 16.8 Å². The molecule has 4 rings (SSSR count). The van der Waals surface area contributed by atoms with Gasteiger partial charge in [-0.25, -0.2) is 9.61 Å². The summed E-state index contributed by atoms with van der Waals surface area (Å²) in [6.45, 7) is 4.52. The van der Waals surface area contributed by atoms with Crippen LogP contribution in [0.2, 0.25) is 0 Å². The summed E-state index contributed by atoms with van der Waals surface area (Å²) in [5.41, 5.74) is 8.88. The monoisotopic (exact) mass is 499 g/mol. The van der Waals surface area contributed by atoms with Crippen LogP contribution in [0.5, 0.6) is 0 Å². The summed E-state index contributed by atoms with van der Waals surface area (Å²) in [4.78, 5) is 30.3. The van der Waals surface area contributed by atoms with Gasteiger partial charge in [0.1, 0.15) is 0 Å². The van der Waals surface area contributed by atoms with Gasteiger partial charge >= 0.3 is 0 Å². The van der Waals surface area contributed by atoms with Gasteiger partial charge in [0.05, 0.1) is 23.6 Å². The molecule has 0 saturated carbocycles. The smallest absolute Gasteiger partial charge is 0.241 e. The third-order valence-corrected chi connectivity index (χ3v) is 5.75. The Morgan fingerprint density at radius 2 is 1.89 bits per heavy atom. The number of carbonyl (C=O) groups is 2. The number of aromatic nitrogens is 4. The summed E-state index contributed by atoms with van der Waals surface area (Å²) in [6.07, 6.45) is 6.43. The molecule has 0 fully saturated rings. The second-order valence-electron chi connectivity index (χ2n) is 9.08. The molecular formula is C27H29N7O3. The van der Waals surface area contributed by atoms with Crippen molar-refractivity contribution in [2.24, 2.45) is 11.7 Å². The van der Waals surface area contributed by atoms with Gasteiger partial charge in [-0.15, -0.1) is 12.3 Å². The molecule has 4 N–H and O–H groups in total. The van der Waals surface area contributed by atoms with Crippen LogP contribution in [0.3, 0.4) is 0 Å². The molecule has 2 aromatic heterocycles. The van der Waals surface area contributed by atoms with Crippen molar-refractivity contribution in [1.82, 2.24) is 19.9 Å². The molecule has 37 heavy (non-hydrogen) atoms.